The van der Waals surface area contributed by atoms with E-state index in [1.807, 2.05) is 12.1 Å². The largest absolute Gasteiger partial charge is 0.491 e. The van der Waals surface area contributed by atoms with Crippen LogP contribution in [0.5, 0.6) is 11.5 Å². The highest BCUT2D eigenvalue weighted by molar-refractivity contribution is 6.08. The average Bonchev–Trinajstić information content (AvgIpc) is 3.38. The molecule has 0 spiro atoms. The molecule has 0 aliphatic carbocycles. The molecule has 0 radical (unpaired) electrons. The summed E-state index contributed by atoms with van der Waals surface area (Å²) in [6.45, 7) is 3.86. The number of hydrogen-bond donors (Lipinski definition) is 2. The third-order valence-corrected chi connectivity index (χ3v) is 4.93. The van der Waals surface area contributed by atoms with Gasteiger partial charge >= 0.3 is 0 Å². The number of rotatable bonds is 6. The first kappa shape index (κ1) is 21.7. The summed E-state index contributed by atoms with van der Waals surface area (Å²) in [6, 6.07) is 8.84. The smallest absolute Gasteiger partial charge is 0.259 e. The van der Waals surface area contributed by atoms with Gasteiger partial charge in [0.05, 0.1) is 32.2 Å². The van der Waals surface area contributed by atoms with Crippen LogP contribution in [0, 0.1) is 0 Å². The molecule has 1 aromatic carbocycles. The van der Waals surface area contributed by atoms with E-state index in [1.165, 1.54) is 6.20 Å². The van der Waals surface area contributed by atoms with Gasteiger partial charge in [0.25, 0.3) is 5.91 Å². The summed E-state index contributed by atoms with van der Waals surface area (Å²) in [4.78, 5) is 27.4. The van der Waals surface area contributed by atoms with Gasteiger partial charge in [-0.2, -0.15) is 0 Å². The van der Waals surface area contributed by atoms with Crippen molar-refractivity contribution in [3.8, 4) is 11.5 Å². The normalized spacial score (nSPS) is 18.5. The zero-order valence-electron chi connectivity index (χ0n) is 17.9. The number of hydrogen-bond acceptors (Lipinski definition) is 8. The highest BCUT2D eigenvalue weighted by atomic mass is 16.5. The molecular formula is C22H26N6O4. The Morgan fingerprint density at radius 2 is 2.31 bits per heavy atom. The molecule has 1 amide bonds. The number of para-hydroxylation sites is 1. The number of aliphatic imine (C=N–C) groups is 2. The molecule has 1 fully saturated rings. The van der Waals surface area contributed by atoms with Gasteiger partial charge in [-0.3, -0.25) is 20.1 Å². The van der Waals surface area contributed by atoms with Crippen LogP contribution in [-0.4, -0.2) is 80.7 Å². The standard InChI is InChI=1S/C22H26N6O4/c1-30-20-18(5-2-6-19(20)32-14-17-13-24-9-11-31-17)26-22(28-10-8-25-15-28)27-21(29)16-4-3-7-23-12-16/h2-7,12,15,17,24H,8-11,13-14H2,1H3,(H,26,27,29). The Morgan fingerprint density at radius 3 is 3.03 bits per heavy atom. The van der Waals surface area contributed by atoms with Crippen molar-refractivity contribution in [2.75, 3.05) is 46.5 Å². The Kier molecular flexibility index (Phi) is 7.26. The summed E-state index contributed by atoms with van der Waals surface area (Å²) in [7, 11) is 1.56. The molecule has 2 aromatic rings. The molecule has 0 bridgehead atoms. The Bertz CT molecular complexity index is 976. The molecule has 1 saturated heterocycles. The lowest BCUT2D eigenvalue weighted by Crippen LogP contribution is -2.42. The van der Waals surface area contributed by atoms with Gasteiger partial charge in [0.1, 0.15) is 18.4 Å². The molecule has 10 heteroatoms. The first-order valence-electron chi connectivity index (χ1n) is 10.4. The number of nitrogens with one attached hydrogen (secondary N) is 2. The maximum absolute atomic E-state index is 12.7. The lowest BCUT2D eigenvalue weighted by Gasteiger charge is -2.24. The fraction of sp³-hybridized carbons (Fsp3) is 0.364. The van der Waals surface area contributed by atoms with Crippen LogP contribution in [0.1, 0.15) is 10.4 Å². The van der Waals surface area contributed by atoms with Crippen molar-refractivity contribution in [3.63, 3.8) is 0 Å². The third kappa shape index (κ3) is 5.40. The Hall–Kier alpha value is -3.50. The molecule has 32 heavy (non-hydrogen) atoms. The van der Waals surface area contributed by atoms with E-state index >= 15 is 0 Å². The average molecular weight is 438 g/mol. The van der Waals surface area contributed by atoms with Crippen LogP contribution in [0.25, 0.3) is 0 Å². The number of pyridine rings is 1. The van der Waals surface area contributed by atoms with E-state index in [0.29, 0.717) is 55.0 Å². The van der Waals surface area contributed by atoms with E-state index in [4.69, 9.17) is 14.2 Å². The van der Waals surface area contributed by atoms with E-state index in [-0.39, 0.29) is 12.0 Å². The molecule has 1 aromatic heterocycles. The van der Waals surface area contributed by atoms with Crippen molar-refractivity contribution in [2.24, 2.45) is 9.98 Å². The lowest BCUT2D eigenvalue weighted by atomic mass is 10.2. The van der Waals surface area contributed by atoms with E-state index in [2.05, 4.69) is 25.6 Å². The maximum Gasteiger partial charge on any atom is 0.259 e. The van der Waals surface area contributed by atoms with Crippen LogP contribution < -0.4 is 20.1 Å². The zero-order chi connectivity index (χ0) is 22.2. The topological polar surface area (TPSA) is 110 Å². The number of guanidine groups is 1. The molecule has 2 N–H and O–H groups in total. The van der Waals surface area contributed by atoms with Crippen molar-refractivity contribution in [1.29, 1.82) is 0 Å². The quantitative estimate of drug-likeness (QED) is 0.515. The van der Waals surface area contributed by atoms with Crippen molar-refractivity contribution in [1.82, 2.24) is 20.5 Å². The lowest BCUT2D eigenvalue weighted by molar-refractivity contribution is -0.000248. The summed E-state index contributed by atoms with van der Waals surface area (Å²) in [5.74, 6) is 1.05. The van der Waals surface area contributed by atoms with Crippen LogP contribution in [-0.2, 0) is 4.74 Å². The summed E-state index contributed by atoms with van der Waals surface area (Å²) >= 11 is 0. The van der Waals surface area contributed by atoms with Crippen LogP contribution in [0.15, 0.2) is 52.7 Å². The Labute approximate surface area is 186 Å². The van der Waals surface area contributed by atoms with Crippen molar-refractivity contribution >= 4 is 23.9 Å². The second-order valence-corrected chi connectivity index (χ2v) is 7.16. The number of methoxy groups -OCH3 is 1. The van der Waals surface area contributed by atoms with Crippen molar-refractivity contribution in [3.05, 3.63) is 48.3 Å². The van der Waals surface area contributed by atoms with Gasteiger partial charge in [0, 0.05) is 32.0 Å². The Balaban J connectivity index is 1.57. The van der Waals surface area contributed by atoms with Gasteiger partial charge in [-0.1, -0.05) is 6.07 Å². The number of carbonyl (C=O) groups excluding carboxylic acids is 1. The molecular weight excluding hydrogens is 412 g/mol. The van der Waals surface area contributed by atoms with Crippen LogP contribution in [0.3, 0.4) is 0 Å². The predicted molar refractivity (Wildman–Crippen MR) is 120 cm³/mol. The van der Waals surface area contributed by atoms with Crippen LogP contribution in [0.2, 0.25) is 0 Å². The molecule has 0 saturated carbocycles. The highest BCUT2D eigenvalue weighted by Gasteiger charge is 2.20. The minimum absolute atomic E-state index is 0.0317. The molecule has 4 rings (SSSR count). The summed E-state index contributed by atoms with van der Waals surface area (Å²) in [5.41, 5.74) is 0.955. The first-order chi connectivity index (χ1) is 15.7. The number of morpholine rings is 1. The fourth-order valence-electron chi connectivity index (χ4n) is 3.31. The summed E-state index contributed by atoms with van der Waals surface area (Å²) in [6.07, 6.45) is 4.74. The fourth-order valence-corrected chi connectivity index (χ4v) is 3.31. The van der Waals surface area contributed by atoms with Gasteiger partial charge in [-0.05, 0) is 24.3 Å². The minimum atomic E-state index is -0.314. The second-order valence-electron chi connectivity index (χ2n) is 7.16. The van der Waals surface area contributed by atoms with Gasteiger partial charge in [-0.25, -0.2) is 4.99 Å². The first-order valence-corrected chi connectivity index (χ1v) is 10.4. The number of benzene rings is 1. The number of ether oxygens (including phenoxy) is 3. The van der Waals surface area contributed by atoms with Crippen molar-refractivity contribution < 1.29 is 19.0 Å². The maximum atomic E-state index is 12.7. The molecule has 168 valence electrons. The number of nitrogens with zero attached hydrogens (tertiary/aromatic N) is 4. The third-order valence-electron chi connectivity index (χ3n) is 4.93. The van der Waals surface area contributed by atoms with Gasteiger partial charge in [0.2, 0.25) is 5.96 Å². The van der Waals surface area contributed by atoms with Gasteiger partial charge in [0.15, 0.2) is 11.5 Å². The van der Waals surface area contributed by atoms with Gasteiger partial charge in [-0.15, -0.1) is 0 Å². The highest BCUT2D eigenvalue weighted by Crippen LogP contribution is 2.37. The predicted octanol–water partition coefficient (Wildman–Crippen LogP) is 1.22. The van der Waals surface area contributed by atoms with Crippen LogP contribution >= 0.6 is 0 Å². The molecule has 10 nitrogen and oxygen atoms in total. The Morgan fingerprint density at radius 1 is 1.38 bits per heavy atom. The number of aromatic nitrogens is 1. The minimum Gasteiger partial charge on any atom is -0.491 e. The van der Waals surface area contributed by atoms with E-state index in [1.54, 1.807) is 42.7 Å². The number of carbonyl (C=O) groups is 1. The zero-order valence-corrected chi connectivity index (χ0v) is 17.9. The number of amides is 1. The monoisotopic (exact) mass is 438 g/mol. The molecule has 1 unspecified atom stereocenters. The van der Waals surface area contributed by atoms with E-state index in [0.717, 1.165) is 13.1 Å². The summed E-state index contributed by atoms with van der Waals surface area (Å²) in [5, 5.41) is 6.14. The molecule has 3 heterocycles. The summed E-state index contributed by atoms with van der Waals surface area (Å²) < 4.78 is 17.3. The van der Waals surface area contributed by atoms with Crippen molar-refractivity contribution in [2.45, 2.75) is 6.10 Å². The molecule has 2 aliphatic heterocycles. The van der Waals surface area contributed by atoms with Gasteiger partial charge < -0.3 is 24.4 Å². The SMILES string of the molecule is COc1c(N=C(NC(=O)c2cccnc2)N2C=NCC2)cccc1OCC1CNCCO1. The van der Waals surface area contributed by atoms with E-state index in [9.17, 15) is 4.79 Å². The van der Waals surface area contributed by atoms with Crippen LogP contribution in [0.4, 0.5) is 5.69 Å². The molecule has 2 aliphatic rings. The van der Waals surface area contributed by atoms with E-state index < -0.39 is 0 Å². The second kappa shape index (κ2) is 10.7. The molecule has 1 atom stereocenters.